The Bertz CT molecular complexity index is 269. The monoisotopic (exact) mass is 170 g/mol. The summed E-state index contributed by atoms with van der Waals surface area (Å²) in [4.78, 5) is 14.6. The summed E-state index contributed by atoms with van der Waals surface area (Å²) in [6, 6.07) is 0. The SMILES string of the molecule is COC(=O)NCc1coc(C)n1. The molecule has 0 radical (unpaired) electrons. The van der Waals surface area contributed by atoms with Crippen LogP contribution in [0.2, 0.25) is 0 Å². The first kappa shape index (κ1) is 8.58. The fourth-order valence-electron chi connectivity index (χ4n) is 0.724. The van der Waals surface area contributed by atoms with E-state index in [1.807, 2.05) is 0 Å². The van der Waals surface area contributed by atoms with Crippen LogP contribution in [0.3, 0.4) is 0 Å². The van der Waals surface area contributed by atoms with Gasteiger partial charge in [-0.1, -0.05) is 0 Å². The predicted octanol–water partition coefficient (Wildman–Crippen LogP) is 0.839. The van der Waals surface area contributed by atoms with Crippen LogP contribution in [-0.2, 0) is 11.3 Å². The number of hydrogen-bond acceptors (Lipinski definition) is 4. The summed E-state index contributed by atoms with van der Waals surface area (Å²) in [5, 5.41) is 2.48. The summed E-state index contributed by atoms with van der Waals surface area (Å²) in [6.07, 6.45) is 1.02. The van der Waals surface area contributed by atoms with Gasteiger partial charge in [0.25, 0.3) is 0 Å². The van der Waals surface area contributed by atoms with Crippen LogP contribution in [0.25, 0.3) is 0 Å². The van der Waals surface area contributed by atoms with Crippen molar-refractivity contribution in [3.05, 3.63) is 17.8 Å². The van der Waals surface area contributed by atoms with E-state index in [4.69, 9.17) is 4.42 Å². The van der Waals surface area contributed by atoms with Gasteiger partial charge in [0.15, 0.2) is 5.89 Å². The summed E-state index contributed by atoms with van der Waals surface area (Å²) in [7, 11) is 1.31. The number of carbonyl (C=O) groups excluding carboxylic acids is 1. The molecule has 1 aromatic heterocycles. The number of methoxy groups -OCH3 is 1. The number of ether oxygens (including phenoxy) is 1. The second kappa shape index (κ2) is 3.75. The first-order valence-corrected chi connectivity index (χ1v) is 3.45. The molecule has 0 unspecified atom stereocenters. The van der Waals surface area contributed by atoms with E-state index in [1.165, 1.54) is 13.4 Å². The average Bonchev–Trinajstić information content (AvgIpc) is 2.47. The van der Waals surface area contributed by atoms with Crippen LogP contribution in [0.4, 0.5) is 4.79 Å². The van der Waals surface area contributed by atoms with Crippen molar-refractivity contribution in [1.82, 2.24) is 10.3 Å². The lowest BCUT2D eigenvalue weighted by Gasteiger charge is -1.98. The summed E-state index contributed by atoms with van der Waals surface area (Å²) in [5.74, 6) is 0.580. The van der Waals surface area contributed by atoms with Gasteiger partial charge in [0.05, 0.1) is 19.3 Å². The van der Waals surface area contributed by atoms with Crippen LogP contribution in [0.5, 0.6) is 0 Å². The van der Waals surface area contributed by atoms with E-state index >= 15 is 0 Å². The van der Waals surface area contributed by atoms with Crippen molar-refractivity contribution in [2.75, 3.05) is 7.11 Å². The second-order valence-electron chi connectivity index (χ2n) is 2.20. The third-order valence-corrected chi connectivity index (χ3v) is 1.27. The molecule has 0 bridgehead atoms. The van der Waals surface area contributed by atoms with Gasteiger partial charge >= 0.3 is 6.09 Å². The van der Waals surface area contributed by atoms with Crippen molar-refractivity contribution in [3.8, 4) is 0 Å². The maximum atomic E-state index is 10.6. The Morgan fingerprint density at radius 1 is 1.83 bits per heavy atom. The van der Waals surface area contributed by atoms with E-state index in [9.17, 15) is 4.79 Å². The molecule has 0 fully saturated rings. The lowest BCUT2D eigenvalue weighted by atomic mass is 10.5. The van der Waals surface area contributed by atoms with E-state index in [1.54, 1.807) is 6.92 Å². The van der Waals surface area contributed by atoms with E-state index in [0.717, 1.165) is 0 Å². The van der Waals surface area contributed by atoms with Gasteiger partial charge in [0.2, 0.25) is 0 Å². The van der Waals surface area contributed by atoms with Crippen LogP contribution >= 0.6 is 0 Å². The topological polar surface area (TPSA) is 64.4 Å². The highest BCUT2D eigenvalue weighted by atomic mass is 16.5. The number of hydrogen-bond donors (Lipinski definition) is 1. The molecule has 12 heavy (non-hydrogen) atoms. The third-order valence-electron chi connectivity index (χ3n) is 1.27. The zero-order valence-corrected chi connectivity index (χ0v) is 6.96. The standard InChI is InChI=1S/C7H10N2O3/c1-5-9-6(4-12-5)3-8-7(10)11-2/h4H,3H2,1-2H3,(H,8,10). The van der Waals surface area contributed by atoms with Crippen molar-refractivity contribution >= 4 is 6.09 Å². The fraction of sp³-hybridized carbons (Fsp3) is 0.429. The normalized spacial score (nSPS) is 9.50. The molecule has 1 amide bonds. The number of oxazole rings is 1. The largest absolute Gasteiger partial charge is 0.453 e. The number of aryl methyl sites for hydroxylation is 1. The van der Waals surface area contributed by atoms with Crippen molar-refractivity contribution in [2.24, 2.45) is 0 Å². The Morgan fingerprint density at radius 3 is 3.08 bits per heavy atom. The molecule has 0 saturated carbocycles. The van der Waals surface area contributed by atoms with E-state index in [2.05, 4.69) is 15.0 Å². The van der Waals surface area contributed by atoms with Crippen LogP contribution in [0.1, 0.15) is 11.6 Å². The van der Waals surface area contributed by atoms with E-state index in [-0.39, 0.29) is 0 Å². The van der Waals surface area contributed by atoms with Gasteiger partial charge < -0.3 is 14.5 Å². The molecule has 0 saturated heterocycles. The van der Waals surface area contributed by atoms with Crippen LogP contribution < -0.4 is 5.32 Å². The number of alkyl carbamates (subject to hydrolysis) is 1. The third kappa shape index (κ3) is 2.26. The van der Waals surface area contributed by atoms with Crippen LogP contribution in [0.15, 0.2) is 10.7 Å². The van der Waals surface area contributed by atoms with Crippen molar-refractivity contribution in [1.29, 1.82) is 0 Å². The van der Waals surface area contributed by atoms with Gasteiger partial charge in [-0.2, -0.15) is 0 Å². The summed E-state index contributed by atoms with van der Waals surface area (Å²) in [5.41, 5.74) is 0.679. The average molecular weight is 170 g/mol. The number of nitrogens with zero attached hydrogens (tertiary/aromatic N) is 1. The van der Waals surface area contributed by atoms with Gasteiger partial charge in [-0.25, -0.2) is 9.78 Å². The van der Waals surface area contributed by atoms with Crippen molar-refractivity contribution < 1.29 is 13.9 Å². The maximum Gasteiger partial charge on any atom is 0.407 e. The van der Waals surface area contributed by atoms with Gasteiger partial charge in [-0.15, -0.1) is 0 Å². The fourth-order valence-corrected chi connectivity index (χ4v) is 0.724. The molecular weight excluding hydrogens is 160 g/mol. The minimum absolute atomic E-state index is 0.323. The Morgan fingerprint density at radius 2 is 2.58 bits per heavy atom. The van der Waals surface area contributed by atoms with Gasteiger partial charge in [0.1, 0.15) is 6.26 Å². The number of rotatable bonds is 2. The summed E-state index contributed by atoms with van der Waals surface area (Å²) in [6.45, 7) is 2.06. The molecular formula is C7H10N2O3. The van der Waals surface area contributed by atoms with Crippen LogP contribution in [-0.4, -0.2) is 18.2 Å². The Kier molecular flexibility index (Phi) is 2.68. The second-order valence-corrected chi connectivity index (χ2v) is 2.20. The summed E-state index contributed by atoms with van der Waals surface area (Å²) >= 11 is 0. The molecule has 0 spiro atoms. The minimum atomic E-state index is -0.476. The zero-order valence-electron chi connectivity index (χ0n) is 6.96. The molecule has 5 nitrogen and oxygen atoms in total. The molecule has 0 aromatic carbocycles. The molecule has 1 N–H and O–H groups in total. The maximum absolute atomic E-state index is 10.6. The van der Waals surface area contributed by atoms with Gasteiger partial charge in [-0.3, -0.25) is 0 Å². The number of nitrogens with one attached hydrogen (secondary N) is 1. The first-order chi connectivity index (χ1) is 5.72. The molecule has 0 aliphatic heterocycles. The quantitative estimate of drug-likeness (QED) is 0.714. The highest BCUT2D eigenvalue weighted by molar-refractivity contribution is 5.66. The number of aromatic nitrogens is 1. The van der Waals surface area contributed by atoms with Gasteiger partial charge in [-0.05, 0) is 0 Å². The molecule has 0 atom stereocenters. The van der Waals surface area contributed by atoms with Crippen molar-refractivity contribution in [2.45, 2.75) is 13.5 Å². The number of amides is 1. The molecule has 1 rings (SSSR count). The number of carbonyl (C=O) groups is 1. The predicted molar refractivity (Wildman–Crippen MR) is 40.5 cm³/mol. The molecule has 66 valence electrons. The lowest BCUT2D eigenvalue weighted by Crippen LogP contribution is -2.22. The molecule has 1 heterocycles. The summed E-state index contributed by atoms with van der Waals surface area (Å²) < 4.78 is 9.30. The molecule has 1 aromatic rings. The molecule has 0 aliphatic carbocycles. The van der Waals surface area contributed by atoms with E-state index in [0.29, 0.717) is 18.1 Å². The highest BCUT2D eigenvalue weighted by Gasteiger charge is 2.01. The smallest absolute Gasteiger partial charge is 0.407 e. The zero-order chi connectivity index (χ0) is 8.97. The lowest BCUT2D eigenvalue weighted by molar-refractivity contribution is 0.170. The molecule has 5 heteroatoms. The highest BCUT2D eigenvalue weighted by Crippen LogP contribution is 1.98. The molecule has 0 aliphatic rings. The Balaban J connectivity index is 2.38. The Hall–Kier alpha value is -1.52. The Labute approximate surface area is 69.7 Å². The van der Waals surface area contributed by atoms with Crippen molar-refractivity contribution in [3.63, 3.8) is 0 Å². The first-order valence-electron chi connectivity index (χ1n) is 3.45. The van der Waals surface area contributed by atoms with E-state index < -0.39 is 6.09 Å². The minimum Gasteiger partial charge on any atom is -0.453 e. The van der Waals surface area contributed by atoms with Gasteiger partial charge in [0, 0.05) is 6.92 Å². The van der Waals surface area contributed by atoms with Crippen LogP contribution in [0, 0.1) is 6.92 Å².